The molecule has 0 fully saturated rings. The lowest BCUT2D eigenvalue weighted by Crippen LogP contribution is -2.18. The zero-order chi connectivity index (χ0) is 9.03. The fourth-order valence-corrected chi connectivity index (χ4v) is 1.21. The second-order valence-corrected chi connectivity index (χ2v) is 4.05. The van der Waals surface area contributed by atoms with Gasteiger partial charge >= 0.3 is 0 Å². The van der Waals surface area contributed by atoms with Gasteiger partial charge in [0.15, 0.2) is 0 Å². The summed E-state index contributed by atoms with van der Waals surface area (Å²) in [5, 5.41) is 4.81. The van der Waals surface area contributed by atoms with Crippen LogP contribution in [0.4, 0.5) is 0 Å². The minimum atomic E-state index is -3.38. The van der Waals surface area contributed by atoms with Crippen LogP contribution in [0.1, 0.15) is 5.69 Å². The molecule has 12 heavy (non-hydrogen) atoms. The smallest absolute Gasteiger partial charge is 0.209 e. The maximum Gasteiger partial charge on any atom is 0.209 e. The lowest BCUT2D eigenvalue weighted by Gasteiger charge is -1.96. The first-order valence-corrected chi connectivity index (χ1v) is 5.05. The maximum absolute atomic E-state index is 10.5. The Morgan fingerprint density at radius 2 is 2.25 bits per heavy atom. The van der Waals surface area contributed by atoms with E-state index in [1.165, 1.54) is 6.33 Å². The van der Waals surface area contributed by atoms with E-state index in [4.69, 9.17) is 5.14 Å². The molecule has 0 amide bonds. The standard InChI is InChI=1S/C6H9N3O2S/c7-12(10,11)4-2-6-1-3-8-5-9-6/h1,3,5H,2,4H2,(H2,7,10,11). The number of primary sulfonamides is 1. The molecule has 0 spiro atoms. The first-order chi connectivity index (χ1) is 5.58. The van der Waals surface area contributed by atoms with Crippen molar-refractivity contribution in [3.8, 4) is 0 Å². The van der Waals surface area contributed by atoms with Gasteiger partial charge in [0.25, 0.3) is 0 Å². The summed E-state index contributed by atoms with van der Waals surface area (Å²) in [6.45, 7) is 0. The van der Waals surface area contributed by atoms with Crippen molar-refractivity contribution in [2.45, 2.75) is 6.42 Å². The summed E-state index contributed by atoms with van der Waals surface area (Å²) in [6, 6.07) is 1.66. The van der Waals surface area contributed by atoms with Crippen molar-refractivity contribution >= 4 is 10.0 Å². The average molecular weight is 187 g/mol. The van der Waals surface area contributed by atoms with Crippen LogP contribution in [-0.2, 0) is 16.4 Å². The van der Waals surface area contributed by atoms with E-state index in [1.807, 2.05) is 0 Å². The molecule has 0 aliphatic heterocycles. The average Bonchev–Trinajstić information content (AvgIpc) is 2.02. The molecule has 6 heteroatoms. The van der Waals surface area contributed by atoms with Gasteiger partial charge < -0.3 is 0 Å². The number of sulfonamides is 1. The summed E-state index contributed by atoms with van der Waals surface area (Å²) in [7, 11) is -3.38. The number of aryl methyl sites for hydroxylation is 1. The Bertz CT molecular complexity index is 335. The zero-order valence-corrected chi connectivity index (χ0v) is 7.16. The van der Waals surface area contributed by atoms with Gasteiger partial charge in [0.2, 0.25) is 10.0 Å². The number of hydrogen-bond donors (Lipinski definition) is 1. The summed E-state index contributed by atoms with van der Waals surface area (Å²) < 4.78 is 21.1. The summed E-state index contributed by atoms with van der Waals surface area (Å²) in [5.74, 6) is -0.0794. The van der Waals surface area contributed by atoms with Crippen LogP contribution in [0.15, 0.2) is 18.6 Å². The first-order valence-electron chi connectivity index (χ1n) is 3.33. The van der Waals surface area contributed by atoms with Crippen LogP contribution in [0.3, 0.4) is 0 Å². The second-order valence-electron chi connectivity index (χ2n) is 2.32. The van der Waals surface area contributed by atoms with E-state index >= 15 is 0 Å². The van der Waals surface area contributed by atoms with Crippen molar-refractivity contribution < 1.29 is 8.42 Å². The topological polar surface area (TPSA) is 85.9 Å². The number of hydrogen-bond acceptors (Lipinski definition) is 4. The van der Waals surface area contributed by atoms with Gasteiger partial charge in [-0.2, -0.15) is 0 Å². The molecular weight excluding hydrogens is 178 g/mol. The van der Waals surface area contributed by atoms with Crippen LogP contribution in [0.2, 0.25) is 0 Å². The van der Waals surface area contributed by atoms with Crippen molar-refractivity contribution in [3.05, 3.63) is 24.3 Å². The van der Waals surface area contributed by atoms with E-state index in [9.17, 15) is 8.42 Å². The van der Waals surface area contributed by atoms with Gasteiger partial charge in [-0.1, -0.05) is 0 Å². The lowest BCUT2D eigenvalue weighted by atomic mass is 10.3. The van der Waals surface area contributed by atoms with E-state index < -0.39 is 10.0 Å². The Balaban J connectivity index is 2.56. The van der Waals surface area contributed by atoms with Gasteiger partial charge in [0, 0.05) is 18.3 Å². The molecular formula is C6H9N3O2S. The highest BCUT2D eigenvalue weighted by atomic mass is 32.2. The molecule has 66 valence electrons. The van der Waals surface area contributed by atoms with Gasteiger partial charge in [-0.05, 0) is 6.07 Å². The quantitative estimate of drug-likeness (QED) is 0.678. The highest BCUT2D eigenvalue weighted by Crippen LogP contribution is 1.93. The monoisotopic (exact) mass is 187 g/mol. The van der Waals surface area contributed by atoms with Crippen LogP contribution in [0.5, 0.6) is 0 Å². The molecule has 0 radical (unpaired) electrons. The van der Waals surface area contributed by atoms with Gasteiger partial charge in [0.05, 0.1) is 5.75 Å². The number of nitrogens with zero attached hydrogens (tertiary/aromatic N) is 2. The Labute approximate surface area is 70.7 Å². The van der Waals surface area contributed by atoms with E-state index in [-0.39, 0.29) is 5.75 Å². The fraction of sp³-hybridized carbons (Fsp3) is 0.333. The van der Waals surface area contributed by atoms with Crippen molar-refractivity contribution in [2.75, 3.05) is 5.75 Å². The molecule has 0 aliphatic carbocycles. The minimum Gasteiger partial charge on any atom is -0.245 e. The Morgan fingerprint density at radius 3 is 2.75 bits per heavy atom. The third-order valence-electron chi connectivity index (χ3n) is 1.29. The molecule has 0 saturated heterocycles. The van der Waals surface area contributed by atoms with Crippen LogP contribution in [-0.4, -0.2) is 24.1 Å². The summed E-state index contributed by atoms with van der Waals surface area (Å²) in [4.78, 5) is 7.55. The highest BCUT2D eigenvalue weighted by Gasteiger charge is 2.03. The van der Waals surface area contributed by atoms with E-state index in [0.717, 1.165) is 0 Å². The van der Waals surface area contributed by atoms with Gasteiger partial charge in [-0.15, -0.1) is 0 Å². The summed E-state index contributed by atoms with van der Waals surface area (Å²) in [5.41, 5.74) is 0.680. The third-order valence-corrected chi connectivity index (χ3v) is 2.06. The van der Waals surface area contributed by atoms with E-state index in [0.29, 0.717) is 12.1 Å². The van der Waals surface area contributed by atoms with Gasteiger partial charge in [-0.25, -0.2) is 23.5 Å². The minimum absolute atomic E-state index is 0.0794. The molecule has 0 saturated carbocycles. The fourth-order valence-electron chi connectivity index (χ4n) is 0.713. The van der Waals surface area contributed by atoms with Crippen molar-refractivity contribution in [1.29, 1.82) is 0 Å². The highest BCUT2D eigenvalue weighted by molar-refractivity contribution is 7.89. The molecule has 1 rings (SSSR count). The molecule has 0 aromatic carbocycles. The molecule has 0 atom stereocenters. The zero-order valence-electron chi connectivity index (χ0n) is 6.34. The number of aromatic nitrogens is 2. The number of rotatable bonds is 3. The molecule has 0 aliphatic rings. The molecule has 0 bridgehead atoms. The molecule has 5 nitrogen and oxygen atoms in total. The first kappa shape index (κ1) is 9.08. The maximum atomic E-state index is 10.5. The van der Waals surface area contributed by atoms with Crippen LogP contribution in [0, 0.1) is 0 Å². The lowest BCUT2D eigenvalue weighted by molar-refractivity contribution is 0.596. The second kappa shape index (κ2) is 3.59. The summed E-state index contributed by atoms with van der Waals surface area (Å²) >= 11 is 0. The Kier molecular flexibility index (Phi) is 2.72. The molecule has 1 heterocycles. The Morgan fingerprint density at radius 1 is 1.50 bits per heavy atom. The SMILES string of the molecule is NS(=O)(=O)CCc1ccncn1. The van der Waals surface area contributed by atoms with Crippen LogP contribution < -0.4 is 5.14 Å². The largest absolute Gasteiger partial charge is 0.245 e. The van der Waals surface area contributed by atoms with Crippen molar-refractivity contribution in [1.82, 2.24) is 9.97 Å². The molecule has 1 aromatic heterocycles. The van der Waals surface area contributed by atoms with Crippen molar-refractivity contribution in [3.63, 3.8) is 0 Å². The predicted octanol–water partition coefficient (Wildman–Crippen LogP) is -0.692. The molecule has 2 N–H and O–H groups in total. The molecule has 0 unspecified atom stereocenters. The van der Waals surface area contributed by atoms with Crippen molar-refractivity contribution in [2.24, 2.45) is 5.14 Å². The van der Waals surface area contributed by atoms with E-state index in [2.05, 4.69) is 9.97 Å². The number of nitrogens with two attached hydrogens (primary N) is 1. The summed E-state index contributed by atoms with van der Waals surface area (Å²) in [6.07, 6.45) is 3.27. The molecule has 1 aromatic rings. The third kappa shape index (κ3) is 3.40. The predicted molar refractivity (Wildman–Crippen MR) is 43.7 cm³/mol. The Hall–Kier alpha value is -1.01. The van der Waals surface area contributed by atoms with Crippen LogP contribution >= 0.6 is 0 Å². The van der Waals surface area contributed by atoms with Gasteiger partial charge in [0.1, 0.15) is 6.33 Å². The van der Waals surface area contributed by atoms with Gasteiger partial charge in [-0.3, -0.25) is 0 Å². The normalized spacial score (nSPS) is 11.4. The van der Waals surface area contributed by atoms with Crippen LogP contribution in [0.25, 0.3) is 0 Å². The van der Waals surface area contributed by atoms with E-state index in [1.54, 1.807) is 12.3 Å².